The molecule has 0 N–H and O–H groups in total. The third-order valence-electron chi connectivity index (χ3n) is 5.94. The molecule has 4 aromatic rings. The Labute approximate surface area is 187 Å². The molecule has 164 valence electrons. The van der Waals surface area contributed by atoms with Gasteiger partial charge in [-0.15, -0.1) is 11.3 Å². The second kappa shape index (κ2) is 7.90. The van der Waals surface area contributed by atoms with Crippen molar-refractivity contribution < 1.29 is 14.0 Å². The molecule has 1 aromatic carbocycles. The average molecular weight is 451 g/mol. The number of fused-ring (bicyclic) bond motifs is 3. The van der Waals surface area contributed by atoms with Crippen LogP contribution in [0, 0.1) is 6.92 Å². The molecule has 0 unspecified atom stereocenters. The number of carbonyl (C=O) groups is 2. The van der Waals surface area contributed by atoms with Gasteiger partial charge in [-0.25, -0.2) is 4.68 Å². The molecule has 0 saturated carbocycles. The van der Waals surface area contributed by atoms with E-state index in [1.54, 1.807) is 40.2 Å². The minimum atomic E-state index is -0.739. The second-order valence-corrected chi connectivity index (χ2v) is 8.96. The summed E-state index contributed by atoms with van der Waals surface area (Å²) in [6, 6.07) is 10.3. The second-order valence-electron chi connectivity index (χ2n) is 7.91. The molecule has 5 rings (SSSR count). The molecular weight excluding hydrogens is 428 g/mol. The zero-order chi connectivity index (χ0) is 22.4. The summed E-state index contributed by atoms with van der Waals surface area (Å²) < 4.78 is 8.38. The molecule has 2 amide bonds. The maximum Gasteiger partial charge on any atom is 0.289 e. The zero-order valence-corrected chi connectivity index (χ0v) is 18.6. The SMILES string of the molecule is Cc1nn([C@@H](C)C(=O)N2CCN(C(=O)c3ccco3)CC2)c(=O)c2c1sc1ccccc12. The van der Waals surface area contributed by atoms with E-state index in [0.29, 0.717) is 37.3 Å². The summed E-state index contributed by atoms with van der Waals surface area (Å²) >= 11 is 1.54. The minimum absolute atomic E-state index is 0.178. The maximum absolute atomic E-state index is 13.3. The van der Waals surface area contributed by atoms with E-state index < -0.39 is 6.04 Å². The molecule has 1 saturated heterocycles. The van der Waals surface area contributed by atoms with Gasteiger partial charge in [-0.05, 0) is 32.0 Å². The van der Waals surface area contributed by atoms with E-state index in [4.69, 9.17) is 4.42 Å². The first-order valence-corrected chi connectivity index (χ1v) is 11.3. The average Bonchev–Trinajstić information content (AvgIpc) is 3.49. The van der Waals surface area contributed by atoms with Gasteiger partial charge in [-0.1, -0.05) is 18.2 Å². The number of rotatable bonds is 3. The van der Waals surface area contributed by atoms with E-state index in [1.807, 2.05) is 31.2 Å². The fourth-order valence-corrected chi connectivity index (χ4v) is 5.33. The van der Waals surface area contributed by atoms with E-state index in [0.717, 1.165) is 20.5 Å². The lowest BCUT2D eigenvalue weighted by atomic mass is 10.2. The Morgan fingerprint density at radius 2 is 1.78 bits per heavy atom. The number of carbonyl (C=O) groups excluding carboxylic acids is 2. The molecule has 3 aromatic heterocycles. The number of hydrogen-bond acceptors (Lipinski definition) is 6. The van der Waals surface area contributed by atoms with Crippen LogP contribution in [-0.2, 0) is 4.79 Å². The largest absolute Gasteiger partial charge is 0.459 e. The number of thiophene rings is 1. The van der Waals surface area contributed by atoms with Crippen LogP contribution >= 0.6 is 11.3 Å². The molecule has 1 fully saturated rings. The van der Waals surface area contributed by atoms with E-state index in [1.165, 1.54) is 10.9 Å². The third-order valence-corrected chi connectivity index (χ3v) is 7.22. The van der Waals surface area contributed by atoms with Gasteiger partial charge in [0.15, 0.2) is 5.76 Å². The topological polar surface area (TPSA) is 88.7 Å². The molecule has 0 aliphatic carbocycles. The van der Waals surface area contributed by atoms with Crippen LogP contribution in [0.15, 0.2) is 51.9 Å². The molecule has 1 aliphatic rings. The number of piperazine rings is 1. The summed E-state index contributed by atoms with van der Waals surface area (Å²) in [4.78, 5) is 42.4. The van der Waals surface area contributed by atoms with Crippen molar-refractivity contribution >= 4 is 43.3 Å². The van der Waals surface area contributed by atoms with Gasteiger partial charge in [-0.2, -0.15) is 5.10 Å². The van der Waals surface area contributed by atoms with Crippen molar-refractivity contribution in [2.24, 2.45) is 0 Å². The molecule has 1 atom stereocenters. The van der Waals surface area contributed by atoms with Crippen LogP contribution < -0.4 is 5.56 Å². The number of nitrogens with zero attached hydrogens (tertiary/aromatic N) is 4. The van der Waals surface area contributed by atoms with Gasteiger partial charge in [0.05, 0.1) is 22.0 Å². The van der Waals surface area contributed by atoms with E-state index >= 15 is 0 Å². The molecule has 9 heteroatoms. The molecular formula is C23H22N4O4S. The van der Waals surface area contributed by atoms with Crippen molar-refractivity contribution in [1.82, 2.24) is 19.6 Å². The smallest absolute Gasteiger partial charge is 0.289 e. The van der Waals surface area contributed by atoms with Crippen molar-refractivity contribution in [3.63, 3.8) is 0 Å². The number of hydrogen-bond donors (Lipinski definition) is 0. The van der Waals surface area contributed by atoms with Crippen LogP contribution in [0.5, 0.6) is 0 Å². The Hall–Kier alpha value is -3.46. The lowest BCUT2D eigenvalue weighted by Gasteiger charge is -2.35. The number of aromatic nitrogens is 2. The molecule has 4 heterocycles. The molecule has 0 spiro atoms. The summed E-state index contributed by atoms with van der Waals surface area (Å²) in [5.41, 5.74) is 0.477. The van der Waals surface area contributed by atoms with Crippen molar-refractivity contribution in [3.05, 3.63) is 64.5 Å². The Kier molecular flexibility index (Phi) is 5.05. The quantitative estimate of drug-likeness (QED) is 0.479. The molecule has 32 heavy (non-hydrogen) atoms. The van der Waals surface area contributed by atoms with E-state index in [9.17, 15) is 14.4 Å². The van der Waals surface area contributed by atoms with Crippen LogP contribution in [0.1, 0.15) is 29.2 Å². The van der Waals surface area contributed by atoms with Crippen LogP contribution in [0.4, 0.5) is 0 Å². The highest BCUT2D eigenvalue weighted by Crippen LogP contribution is 2.33. The fraction of sp³-hybridized carbons (Fsp3) is 0.304. The monoisotopic (exact) mass is 450 g/mol. The van der Waals surface area contributed by atoms with Gasteiger partial charge < -0.3 is 14.2 Å². The highest BCUT2D eigenvalue weighted by atomic mass is 32.1. The number of amides is 2. The number of benzene rings is 1. The number of furan rings is 1. The van der Waals surface area contributed by atoms with Crippen molar-refractivity contribution in [2.45, 2.75) is 19.9 Å². The zero-order valence-electron chi connectivity index (χ0n) is 17.8. The molecule has 0 bridgehead atoms. The lowest BCUT2D eigenvalue weighted by molar-refractivity contribution is -0.136. The normalized spacial score (nSPS) is 15.4. The summed E-state index contributed by atoms with van der Waals surface area (Å²) in [5.74, 6) is -0.0675. The summed E-state index contributed by atoms with van der Waals surface area (Å²) in [6.45, 7) is 5.18. The predicted octanol–water partition coefficient (Wildman–Crippen LogP) is 3.06. The van der Waals surface area contributed by atoms with Crippen molar-refractivity contribution in [3.8, 4) is 0 Å². The Bertz CT molecular complexity index is 1380. The Morgan fingerprint density at radius 3 is 2.50 bits per heavy atom. The van der Waals surface area contributed by atoms with Crippen LogP contribution in [0.25, 0.3) is 20.2 Å². The van der Waals surface area contributed by atoms with Crippen molar-refractivity contribution in [2.75, 3.05) is 26.2 Å². The summed E-state index contributed by atoms with van der Waals surface area (Å²) in [5, 5.41) is 5.99. The Balaban J connectivity index is 1.39. The highest BCUT2D eigenvalue weighted by Gasteiger charge is 2.30. The summed E-state index contributed by atoms with van der Waals surface area (Å²) in [7, 11) is 0. The lowest BCUT2D eigenvalue weighted by Crippen LogP contribution is -2.52. The minimum Gasteiger partial charge on any atom is -0.459 e. The third kappa shape index (κ3) is 3.29. The van der Waals surface area contributed by atoms with Gasteiger partial charge >= 0.3 is 0 Å². The van der Waals surface area contributed by atoms with Gasteiger partial charge in [0, 0.05) is 36.3 Å². The standard InChI is InChI=1S/C23H22N4O4S/c1-14-20-19(16-6-3-4-8-18(16)32-20)23(30)27(24-14)15(2)21(28)25-9-11-26(12-10-25)22(29)17-7-5-13-31-17/h3-8,13,15H,9-12H2,1-2H3/t15-/m0/s1. The van der Waals surface area contributed by atoms with Crippen LogP contribution in [0.2, 0.25) is 0 Å². The fourth-order valence-electron chi connectivity index (χ4n) is 4.20. The first-order chi connectivity index (χ1) is 15.5. The van der Waals surface area contributed by atoms with Gasteiger partial charge in [0.2, 0.25) is 5.91 Å². The highest BCUT2D eigenvalue weighted by molar-refractivity contribution is 7.26. The van der Waals surface area contributed by atoms with E-state index in [2.05, 4.69) is 5.10 Å². The van der Waals surface area contributed by atoms with Gasteiger partial charge in [0.25, 0.3) is 11.5 Å². The van der Waals surface area contributed by atoms with Gasteiger partial charge in [-0.3, -0.25) is 14.4 Å². The molecule has 8 nitrogen and oxygen atoms in total. The van der Waals surface area contributed by atoms with E-state index in [-0.39, 0.29) is 17.4 Å². The first kappa shape index (κ1) is 20.4. The predicted molar refractivity (Wildman–Crippen MR) is 122 cm³/mol. The Morgan fingerprint density at radius 1 is 1.06 bits per heavy atom. The number of aryl methyl sites for hydroxylation is 1. The van der Waals surface area contributed by atoms with Crippen LogP contribution in [0.3, 0.4) is 0 Å². The van der Waals surface area contributed by atoms with Crippen LogP contribution in [-0.4, -0.2) is 57.6 Å². The molecule has 1 aliphatic heterocycles. The van der Waals surface area contributed by atoms with Gasteiger partial charge in [0.1, 0.15) is 6.04 Å². The maximum atomic E-state index is 13.3. The van der Waals surface area contributed by atoms with Crippen molar-refractivity contribution in [1.29, 1.82) is 0 Å². The first-order valence-electron chi connectivity index (χ1n) is 10.5. The molecule has 0 radical (unpaired) electrons. The summed E-state index contributed by atoms with van der Waals surface area (Å²) in [6.07, 6.45) is 1.47.